The second-order valence-electron chi connectivity index (χ2n) is 17.6. The number of hydrogen-bond donors (Lipinski definition) is 2. The van der Waals surface area contributed by atoms with Gasteiger partial charge < -0.3 is 24.2 Å². The van der Waals surface area contributed by atoms with Crippen molar-refractivity contribution in [1.29, 1.82) is 0 Å². The third kappa shape index (κ3) is 49.4. The molecule has 0 aromatic heterocycles. The first-order chi connectivity index (χ1) is 34.2. The quantitative estimate of drug-likeness (QED) is 0.0197. The molecule has 3 unspecified atom stereocenters. The molecule has 3 atom stereocenters. The van der Waals surface area contributed by atoms with Crippen LogP contribution in [-0.4, -0.2) is 66.5 Å². The van der Waals surface area contributed by atoms with Gasteiger partial charge in [-0.15, -0.1) is 0 Å². The third-order valence-electron chi connectivity index (χ3n) is 11.0. The Bertz CT molecular complexity index is 1540. The fourth-order valence-electron chi connectivity index (χ4n) is 6.89. The van der Waals surface area contributed by atoms with E-state index in [1.807, 2.05) is 0 Å². The van der Waals surface area contributed by atoms with Gasteiger partial charge in [0.25, 0.3) is 0 Å². The Balaban J connectivity index is 4.80. The number of carbonyl (C=O) groups excluding carboxylic acids is 3. The summed E-state index contributed by atoms with van der Waals surface area (Å²) in [7, 11) is -4.76. The van der Waals surface area contributed by atoms with E-state index in [1.54, 1.807) is 0 Å². The number of phosphoric ester groups is 1. The molecule has 70 heavy (non-hydrogen) atoms. The van der Waals surface area contributed by atoms with E-state index in [9.17, 15) is 28.9 Å². The molecule has 0 amide bonds. The maximum atomic E-state index is 12.9. The number of hydrogen-bond acceptors (Lipinski definition) is 10. The first-order valence-corrected chi connectivity index (χ1v) is 28.6. The number of ether oxygens (including phenoxy) is 3. The number of aliphatic hydroxyl groups is 1. The Morgan fingerprint density at radius 1 is 0.414 bits per heavy atom. The minimum atomic E-state index is -4.76. The summed E-state index contributed by atoms with van der Waals surface area (Å²) in [6.45, 7) is 4.27. The number of phosphoric acid groups is 1. The Morgan fingerprint density at radius 3 is 1.16 bits per heavy atom. The van der Waals surface area contributed by atoms with Gasteiger partial charge in [0, 0.05) is 19.3 Å². The van der Waals surface area contributed by atoms with Crippen LogP contribution in [0.3, 0.4) is 0 Å². The number of carbonyl (C=O) groups is 3. The van der Waals surface area contributed by atoms with E-state index in [2.05, 4.69) is 118 Å². The molecule has 11 nitrogen and oxygen atoms in total. The summed E-state index contributed by atoms with van der Waals surface area (Å²) < 4.78 is 39.4. The molecular weight excluding hydrogens is 904 g/mol. The van der Waals surface area contributed by atoms with Crippen molar-refractivity contribution in [2.75, 3.05) is 26.4 Å². The Labute approximate surface area is 425 Å². The highest BCUT2D eigenvalue weighted by atomic mass is 31.2. The van der Waals surface area contributed by atoms with Crippen molar-refractivity contribution in [2.24, 2.45) is 0 Å². The van der Waals surface area contributed by atoms with Crippen LogP contribution in [0.2, 0.25) is 0 Å². The lowest BCUT2D eigenvalue weighted by Gasteiger charge is -2.21. The Kier molecular flexibility index (Phi) is 49.1. The van der Waals surface area contributed by atoms with Crippen LogP contribution in [0.15, 0.2) is 97.2 Å². The maximum absolute atomic E-state index is 12.9. The Hall–Kier alpha value is -3.60. The van der Waals surface area contributed by atoms with Gasteiger partial charge in [0.05, 0.1) is 19.8 Å². The summed E-state index contributed by atoms with van der Waals surface area (Å²) in [5.74, 6) is -1.53. The van der Waals surface area contributed by atoms with E-state index in [0.29, 0.717) is 19.3 Å². The van der Waals surface area contributed by atoms with Gasteiger partial charge in [0.15, 0.2) is 6.10 Å². The highest BCUT2D eigenvalue weighted by Crippen LogP contribution is 2.43. The van der Waals surface area contributed by atoms with Crippen LogP contribution in [-0.2, 0) is 42.2 Å². The highest BCUT2D eigenvalue weighted by Gasteiger charge is 2.28. The minimum absolute atomic E-state index is 0.136. The molecule has 0 saturated heterocycles. The van der Waals surface area contributed by atoms with Gasteiger partial charge >= 0.3 is 25.7 Å². The lowest BCUT2D eigenvalue weighted by Crippen LogP contribution is -2.30. The summed E-state index contributed by atoms with van der Waals surface area (Å²) in [6, 6.07) is 0. The van der Waals surface area contributed by atoms with Crippen LogP contribution in [0.5, 0.6) is 0 Å². The molecule has 2 N–H and O–H groups in total. The van der Waals surface area contributed by atoms with Gasteiger partial charge in [-0.25, -0.2) is 4.57 Å². The summed E-state index contributed by atoms with van der Waals surface area (Å²) in [5, 5.41) is 9.78. The molecule has 0 bridgehead atoms. The van der Waals surface area contributed by atoms with Crippen LogP contribution in [0, 0.1) is 0 Å². The van der Waals surface area contributed by atoms with Gasteiger partial charge in [-0.2, -0.15) is 0 Å². The van der Waals surface area contributed by atoms with E-state index in [-0.39, 0.29) is 25.9 Å². The normalized spacial score (nSPS) is 14.2. The molecule has 0 fully saturated rings. The molecule has 0 aromatic rings. The van der Waals surface area contributed by atoms with E-state index >= 15 is 0 Å². The molecule has 0 heterocycles. The summed E-state index contributed by atoms with van der Waals surface area (Å²) in [6.07, 6.45) is 59.4. The fourth-order valence-corrected chi connectivity index (χ4v) is 7.68. The van der Waals surface area contributed by atoms with Gasteiger partial charge in [0.2, 0.25) is 0 Å². The van der Waals surface area contributed by atoms with Gasteiger partial charge in [-0.1, -0.05) is 182 Å². The highest BCUT2D eigenvalue weighted by molar-refractivity contribution is 7.47. The summed E-state index contributed by atoms with van der Waals surface area (Å²) in [5.41, 5.74) is 0. The van der Waals surface area contributed by atoms with Crippen molar-refractivity contribution >= 4 is 25.7 Å². The number of aliphatic hydroxyl groups excluding tert-OH is 1. The number of allylic oxidation sites excluding steroid dienone is 16. The molecule has 0 aliphatic carbocycles. The average Bonchev–Trinajstić information content (AvgIpc) is 3.35. The minimum Gasteiger partial charge on any atom is -0.462 e. The van der Waals surface area contributed by atoms with E-state index in [4.69, 9.17) is 23.3 Å². The lowest BCUT2D eigenvalue weighted by atomic mass is 10.1. The molecule has 0 saturated carbocycles. The Morgan fingerprint density at radius 2 is 0.743 bits per heavy atom. The molecule has 0 radical (unpaired) electrons. The first-order valence-electron chi connectivity index (χ1n) is 27.1. The molecule has 400 valence electrons. The van der Waals surface area contributed by atoms with Crippen LogP contribution in [0.4, 0.5) is 0 Å². The van der Waals surface area contributed by atoms with Crippen molar-refractivity contribution in [3.63, 3.8) is 0 Å². The topological polar surface area (TPSA) is 155 Å². The third-order valence-corrected chi connectivity index (χ3v) is 11.9. The zero-order chi connectivity index (χ0) is 51.3. The molecule has 0 aromatic carbocycles. The monoisotopic (exact) mass is 1000 g/mol. The largest absolute Gasteiger partial charge is 0.472 e. The standard InChI is InChI=1S/C58H97O11P/c1-4-7-10-13-16-19-22-25-26-27-28-31-34-37-40-43-46-49-58(62)69-55(51-65-56(60)47-44-41-38-35-32-29-23-20-17-14-11-8-5-2)53-67-70(63,64)66-52-54(50-59)68-57(61)48-45-42-39-36-33-30-24-21-18-15-12-9-6-3/h7,9-12,14,16,18-21,23,25-26,30,33,54-55,59H,4-6,8,13,15,17,22,24,27-29,31-32,34-53H2,1-3H3,(H,63,64)/b10-7-,12-9-,14-11-,19-16-,21-18-,23-20-,26-25-,33-30-. The summed E-state index contributed by atoms with van der Waals surface area (Å²) in [4.78, 5) is 48.4. The van der Waals surface area contributed by atoms with Crippen LogP contribution < -0.4 is 0 Å². The smallest absolute Gasteiger partial charge is 0.462 e. The van der Waals surface area contributed by atoms with Crippen LogP contribution >= 0.6 is 7.82 Å². The zero-order valence-corrected chi connectivity index (χ0v) is 44.8. The van der Waals surface area contributed by atoms with Gasteiger partial charge in [-0.05, 0) is 109 Å². The second-order valence-corrected chi connectivity index (χ2v) is 19.1. The van der Waals surface area contributed by atoms with Crippen molar-refractivity contribution in [3.05, 3.63) is 97.2 Å². The predicted octanol–water partition coefficient (Wildman–Crippen LogP) is 15.7. The van der Waals surface area contributed by atoms with Crippen molar-refractivity contribution in [1.82, 2.24) is 0 Å². The maximum Gasteiger partial charge on any atom is 0.472 e. The summed E-state index contributed by atoms with van der Waals surface area (Å²) >= 11 is 0. The SMILES string of the molecule is CC/C=C\C/C=C\C/C=C\CCCCCCCCCC(=O)OC(COC(=O)CCCCCCC/C=C\C/C=C\CCC)COP(=O)(O)OCC(CO)OC(=O)CCCCC/C=C\C/C=C\C/C=C\CC. The first kappa shape index (κ1) is 66.4. The molecule has 0 spiro atoms. The predicted molar refractivity (Wildman–Crippen MR) is 288 cm³/mol. The van der Waals surface area contributed by atoms with Gasteiger partial charge in [-0.3, -0.25) is 23.4 Å². The van der Waals surface area contributed by atoms with Crippen molar-refractivity contribution in [3.8, 4) is 0 Å². The molecular formula is C58H97O11P. The molecule has 0 aliphatic rings. The molecule has 0 rings (SSSR count). The zero-order valence-electron chi connectivity index (χ0n) is 43.9. The van der Waals surface area contributed by atoms with E-state index in [1.165, 1.54) is 6.42 Å². The fraction of sp³-hybridized carbons (Fsp3) is 0.672. The van der Waals surface area contributed by atoms with E-state index in [0.717, 1.165) is 148 Å². The number of unbranched alkanes of at least 4 members (excludes halogenated alkanes) is 16. The van der Waals surface area contributed by atoms with Crippen LogP contribution in [0.25, 0.3) is 0 Å². The van der Waals surface area contributed by atoms with Crippen LogP contribution in [0.1, 0.15) is 213 Å². The average molecular weight is 1000 g/mol. The van der Waals surface area contributed by atoms with Crippen molar-refractivity contribution < 1.29 is 52.2 Å². The number of rotatable bonds is 49. The van der Waals surface area contributed by atoms with Gasteiger partial charge in [0.1, 0.15) is 12.7 Å². The van der Waals surface area contributed by atoms with E-state index < -0.39 is 57.8 Å². The number of esters is 3. The lowest BCUT2D eigenvalue weighted by molar-refractivity contribution is -0.161. The molecule has 0 aliphatic heterocycles. The van der Waals surface area contributed by atoms with Crippen molar-refractivity contribution in [2.45, 2.75) is 226 Å². The molecule has 12 heteroatoms. The second kappa shape index (κ2) is 51.7.